The highest BCUT2D eigenvalue weighted by Gasteiger charge is 2.44. The number of piperazine rings is 1. The fraction of sp³-hybridized carbons (Fsp3) is 0.413. The summed E-state index contributed by atoms with van der Waals surface area (Å²) in [4.78, 5) is 58.5. The van der Waals surface area contributed by atoms with E-state index in [1.807, 2.05) is 32.0 Å². The van der Waals surface area contributed by atoms with Gasteiger partial charge in [0.2, 0.25) is 11.8 Å². The predicted octanol–water partition coefficient (Wildman–Crippen LogP) is 6.45. The van der Waals surface area contributed by atoms with E-state index in [0.29, 0.717) is 58.5 Å². The Labute approximate surface area is 357 Å². The second-order valence-corrected chi connectivity index (χ2v) is 17.6. The largest absolute Gasteiger partial charge is 0.495 e. The van der Waals surface area contributed by atoms with Gasteiger partial charge in [0.05, 0.1) is 35.4 Å². The van der Waals surface area contributed by atoms with Crippen LogP contribution < -0.4 is 25.6 Å². The van der Waals surface area contributed by atoms with E-state index in [2.05, 4.69) is 69.0 Å². The minimum atomic E-state index is -0.533. The maximum Gasteiger partial charge on any atom is 0.315 e. The molecule has 15 nitrogen and oxygen atoms in total. The van der Waals surface area contributed by atoms with Crippen molar-refractivity contribution in [1.82, 2.24) is 40.6 Å². The van der Waals surface area contributed by atoms with Crippen LogP contribution in [0.2, 0.25) is 0 Å². The van der Waals surface area contributed by atoms with Crippen LogP contribution in [0.5, 0.6) is 5.75 Å². The first kappa shape index (κ1) is 39.7. The average molecular weight is 841 g/mol. The fourth-order valence-electron chi connectivity index (χ4n) is 9.38. The van der Waals surface area contributed by atoms with Gasteiger partial charge in [-0.15, -0.1) is 0 Å². The van der Waals surface area contributed by atoms with Gasteiger partial charge in [0.15, 0.2) is 5.82 Å². The number of aromatic amines is 1. The number of aromatic nitrogens is 5. The topological polar surface area (TPSA) is 183 Å². The van der Waals surface area contributed by atoms with Crippen LogP contribution in [0.1, 0.15) is 97.5 Å². The van der Waals surface area contributed by atoms with Gasteiger partial charge in [-0.25, -0.2) is 14.4 Å². The summed E-state index contributed by atoms with van der Waals surface area (Å²) in [6, 6.07) is 15.3. The summed E-state index contributed by atoms with van der Waals surface area (Å²) in [6.45, 7) is 9.28. The molecule has 16 heteroatoms. The maximum atomic E-state index is 16.2. The number of carbonyl (C=O) groups excluding carboxylic acids is 3. The molecule has 0 spiro atoms. The van der Waals surface area contributed by atoms with E-state index in [1.165, 1.54) is 18.0 Å². The molecule has 5 heterocycles. The summed E-state index contributed by atoms with van der Waals surface area (Å²) in [5, 5.41) is 14.1. The van der Waals surface area contributed by atoms with Crippen molar-refractivity contribution < 1.29 is 28.0 Å². The summed E-state index contributed by atoms with van der Waals surface area (Å²) in [5.74, 6) is 0.184. The first-order valence-corrected chi connectivity index (χ1v) is 21.4. The molecule has 0 unspecified atom stereocenters. The highest BCUT2D eigenvalue weighted by atomic mass is 19.1. The molecule has 2 saturated carbocycles. The van der Waals surface area contributed by atoms with Gasteiger partial charge < -0.3 is 29.8 Å². The van der Waals surface area contributed by atoms with Crippen LogP contribution in [0, 0.1) is 12.7 Å². The number of halogens is 1. The summed E-state index contributed by atoms with van der Waals surface area (Å²) >= 11 is 0. The van der Waals surface area contributed by atoms with Crippen molar-refractivity contribution in [1.29, 1.82) is 0 Å². The molecule has 62 heavy (non-hydrogen) atoms. The Morgan fingerprint density at radius 1 is 1.05 bits per heavy atom. The van der Waals surface area contributed by atoms with Crippen LogP contribution >= 0.6 is 0 Å². The van der Waals surface area contributed by atoms with Gasteiger partial charge in [-0.1, -0.05) is 24.2 Å². The third kappa shape index (κ3) is 7.29. The Morgan fingerprint density at radius 3 is 2.55 bits per heavy atom. The summed E-state index contributed by atoms with van der Waals surface area (Å²) in [6.07, 6.45) is 6.41. The molecular weight excluding hydrogens is 792 g/mol. The molecule has 2 aliphatic carbocycles. The van der Waals surface area contributed by atoms with E-state index in [0.717, 1.165) is 85.5 Å². The minimum absolute atomic E-state index is 0.106. The number of imide groups is 1. The van der Waals surface area contributed by atoms with Crippen molar-refractivity contribution in [2.24, 2.45) is 0 Å². The summed E-state index contributed by atoms with van der Waals surface area (Å²) in [5.41, 5.74) is 6.67. The molecule has 320 valence electrons. The molecule has 2 saturated heterocycles. The quantitative estimate of drug-likeness (QED) is 0.105. The number of anilines is 2. The molecule has 4 fully saturated rings. The van der Waals surface area contributed by atoms with E-state index in [-0.39, 0.29) is 23.1 Å². The van der Waals surface area contributed by atoms with Gasteiger partial charge in [-0.2, -0.15) is 4.98 Å². The lowest BCUT2D eigenvalue weighted by atomic mass is 9.75. The van der Waals surface area contributed by atoms with Crippen molar-refractivity contribution in [3.63, 3.8) is 0 Å². The van der Waals surface area contributed by atoms with Crippen molar-refractivity contribution in [2.75, 3.05) is 43.5 Å². The van der Waals surface area contributed by atoms with Crippen molar-refractivity contribution in [3.8, 4) is 17.0 Å². The van der Waals surface area contributed by atoms with E-state index in [9.17, 15) is 14.4 Å². The first-order valence-electron chi connectivity index (χ1n) is 21.4. The Morgan fingerprint density at radius 2 is 1.82 bits per heavy atom. The first-order chi connectivity index (χ1) is 29.9. The summed E-state index contributed by atoms with van der Waals surface area (Å²) < 4.78 is 27.5. The summed E-state index contributed by atoms with van der Waals surface area (Å²) in [7, 11) is 1.67. The number of H-pyrrole nitrogens is 1. The van der Waals surface area contributed by atoms with Crippen LogP contribution in [0.3, 0.4) is 0 Å². The highest BCUT2D eigenvalue weighted by Crippen LogP contribution is 2.46. The SMILES string of the molecule is COc1cc2c(cc1N1CCN([C@H]3C[C@@H](c4ccc(N[C@@H]5CCC(=O)NC5=O)cc4)C3)CC1)[nH]c1ncnc(-c3cc(C)c([C@@H](C)NC(=O)c4nc(C5(C)CC5)no4)cc3F)c12. The lowest BCUT2D eigenvalue weighted by molar-refractivity contribution is -0.133. The number of ether oxygens (including phenoxy) is 1. The number of aryl methyl sites for hydroxylation is 1. The molecule has 6 aromatic rings. The smallest absolute Gasteiger partial charge is 0.315 e. The lowest BCUT2D eigenvalue weighted by Crippen LogP contribution is -2.53. The number of rotatable bonds is 11. The van der Waals surface area contributed by atoms with Gasteiger partial charge in [0.1, 0.15) is 29.6 Å². The van der Waals surface area contributed by atoms with Gasteiger partial charge in [0, 0.05) is 60.7 Å². The molecule has 3 aromatic carbocycles. The number of methoxy groups -OCH3 is 1. The van der Waals surface area contributed by atoms with E-state index in [1.54, 1.807) is 20.1 Å². The van der Waals surface area contributed by atoms with Crippen LogP contribution in [0.25, 0.3) is 33.2 Å². The molecule has 0 bridgehead atoms. The average Bonchev–Trinajstić information content (AvgIpc) is 3.62. The van der Waals surface area contributed by atoms with Crippen molar-refractivity contribution >= 4 is 51.0 Å². The molecule has 3 aromatic heterocycles. The zero-order valence-corrected chi connectivity index (χ0v) is 35.2. The predicted molar refractivity (Wildman–Crippen MR) is 231 cm³/mol. The van der Waals surface area contributed by atoms with E-state index in [4.69, 9.17) is 9.26 Å². The van der Waals surface area contributed by atoms with Crippen molar-refractivity contribution in [2.45, 2.75) is 88.8 Å². The number of fused-ring (bicyclic) bond motifs is 3. The zero-order chi connectivity index (χ0) is 42.9. The molecule has 4 N–H and O–H groups in total. The molecule has 3 amide bonds. The van der Waals surface area contributed by atoms with Gasteiger partial charge >= 0.3 is 11.8 Å². The number of piperidine rings is 1. The fourth-order valence-corrected chi connectivity index (χ4v) is 9.38. The zero-order valence-electron chi connectivity index (χ0n) is 35.2. The Bertz CT molecular complexity index is 2730. The Kier molecular flexibility index (Phi) is 9.92. The third-order valence-electron chi connectivity index (χ3n) is 13.5. The Hall–Kier alpha value is -6.42. The second kappa shape index (κ2) is 15.5. The molecule has 4 aliphatic rings. The number of carbonyl (C=O) groups is 3. The Balaban J connectivity index is 0.803. The molecule has 2 atom stereocenters. The lowest BCUT2D eigenvalue weighted by Gasteiger charge is -2.47. The van der Waals surface area contributed by atoms with Crippen molar-refractivity contribution in [3.05, 3.63) is 89.1 Å². The minimum Gasteiger partial charge on any atom is -0.495 e. The molecular formula is C46H49FN10O5. The molecule has 0 radical (unpaired) electrons. The number of hydrogen-bond donors (Lipinski definition) is 4. The number of benzene rings is 3. The van der Waals surface area contributed by atoms with Crippen LogP contribution in [0.15, 0.2) is 59.4 Å². The second-order valence-electron chi connectivity index (χ2n) is 17.6. The van der Waals surface area contributed by atoms with Gasteiger partial charge in [-0.05, 0) is 105 Å². The highest BCUT2D eigenvalue weighted by molar-refractivity contribution is 6.13. The standard InChI is InChI=1S/C46H49FN10O5/c1-24-17-31(33(47)20-30(24)25(2)50-43(60)44-54-45(55-62-44)46(3)11-12-46)40-39-32-21-37(61-4)36(22-35(32)52-41(39)49-23-48-40)57-15-13-56(14-16-57)29-18-27(19-29)26-5-7-28(8-6-26)51-34-9-10-38(58)53-42(34)59/h5-8,17,20-23,25,27,29,34,51H,9-16,18-19H2,1-4H3,(H,50,60)(H,48,49,52)(H,53,58,59)/t25-,27-,29+,34-/m1/s1. The third-order valence-corrected chi connectivity index (χ3v) is 13.5. The molecule has 2 aliphatic heterocycles. The number of nitrogens with one attached hydrogen (secondary N) is 4. The maximum absolute atomic E-state index is 16.2. The number of nitrogens with zero attached hydrogens (tertiary/aromatic N) is 6. The molecule has 10 rings (SSSR count). The van der Waals surface area contributed by atoms with Gasteiger partial charge in [-0.3, -0.25) is 24.6 Å². The van der Waals surface area contributed by atoms with E-state index >= 15 is 4.39 Å². The van der Waals surface area contributed by atoms with Crippen LogP contribution in [0.4, 0.5) is 15.8 Å². The van der Waals surface area contributed by atoms with E-state index < -0.39 is 23.8 Å². The monoisotopic (exact) mass is 840 g/mol. The van der Waals surface area contributed by atoms with Crippen LogP contribution in [-0.2, 0) is 15.0 Å². The van der Waals surface area contributed by atoms with Gasteiger partial charge in [0.25, 0.3) is 0 Å². The van der Waals surface area contributed by atoms with Crippen LogP contribution in [-0.4, -0.2) is 93.1 Å². The number of hydrogen-bond acceptors (Lipinski definition) is 12. The normalized spacial score (nSPS) is 21.7. The number of amides is 3.